The number of thiophene rings is 1. The molecule has 0 spiro atoms. The summed E-state index contributed by atoms with van der Waals surface area (Å²) in [5.74, 6) is 0. The van der Waals surface area contributed by atoms with Crippen LogP contribution < -0.4 is 0 Å². The van der Waals surface area contributed by atoms with Crippen LogP contribution in [0.2, 0.25) is 0 Å². The van der Waals surface area contributed by atoms with Gasteiger partial charge in [-0.05, 0) is 24.5 Å². The van der Waals surface area contributed by atoms with Crippen molar-refractivity contribution in [2.75, 3.05) is 0 Å². The van der Waals surface area contributed by atoms with Gasteiger partial charge in [-0.25, -0.2) is 0 Å². The minimum absolute atomic E-state index is 1.24. The van der Waals surface area contributed by atoms with E-state index in [2.05, 4.69) is 49.4 Å². The van der Waals surface area contributed by atoms with Crippen molar-refractivity contribution in [2.45, 2.75) is 77.6 Å². The Hall–Kier alpha value is -1.34. The Morgan fingerprint density at radius 3 is 2.04 bits per heavy atom. The van der Waals surface area contributed by atoms with Gasteiger partial charge in [-0.2, -0.15) is 0 Å². The van der Waals surface area contributed by atoms with Crippen LogP contribution in [0.1, 0.15) is 76.7 Å². The molecular weight excluding hydrogens is 320 g/mol. The molecule has 0 radical (unpaired) electrons. The second kappa shape index (κ2) is 9.97. The van der Waals surface area contributed by atoms with Crippen LogP contribution in [-0.4, -0.2) is 0 Å². The van der Waals surface area contributed by atoms with E-state index in [1.807, 2.05) is 11.3 Å². The molecule has 1 aromatic heterocycles. The van der Waals surface area contributed by atoms with E-state index in [-0.39, 0.29) is 0 Å². The summed E-state index contributed by atoms with van der Waals surface area (Å²) >= 11 is 1.97. The fourth-order valence-electron chi connectivity index (χ4n) is 3.81. The van der Waals surface area contributed by atoms with E-state index >= 15 is 0 Å². The zero-order valence-electron chi connectivity index (χ0n) is 15.7. The second-order valence-corrected chi connectivity index (χ2v) is 8.38. The molecule has 0 N–H and O–H groups in total. The van der Waals surface area contributed by atoms with E-state index in [1.54, 1.807) is 5.56 Å². The molecule has 0 atom stereocenters. The van der Waals surface area contributed by atoms with Gasteiger partial charge in [0.15, 0.2) is 0 Å². The molecule has 25 heavy (non-hydrogen) atoms. The predicted octanol–water partition coefficient (Wildman–Crippen LogP) is 8.52. The molecule has 0 aliphatic rings. The van der Waals surface area contributed by atoms with Crippen molar-refractivity contribution in [1.82, 2.24) is 0 Å². The number of fused-ring (bicyclic) bond motifs is 3. The lowest BCUT2D eigenvalue weighted by Gasteiger charge is -2.04. The Kier molecular flexibility index (Phi) is 7.36. The minimum atomic E-state index is 1.24. The van der Waals surface area contributed by atoms with E-state index in [0.29, 0.717) is 0 Å². The summed E-state index contributed by atoms with van der Waals surface area (Å²) in [4.78, 5) is 0. The third kappa shape index (κ3) is 5.07. The lowest BCUT2D eigenvalue weighted by atomic mass is 10.0. The Labute approximate surface area is 157 Å². The van der Waals surface area contributed by atoms with E-state index in [4.69, 9.17) is 0 Å². The maximum atomic E-state index is 2.34. The van der Waals surface area contributed by atoms with Crippen molar-refractivity contribution in [3.8, 4) is 0 Å². The minimum Gasteiger partial charge on any atom is -0.135 e. The normalized spacial score (nSPS) is 11.6. The average Bonchev–Trinajstić information content (AvgIpc) is 3.03. The molecule has 0 fully saturated rings. The zero-order chi connectivity index (χ0) is 17.3. The van der Waals surface area contributed by atoms with Gasteiger partial charge in [0.1, 0.15) is 0 Å². The Balaban J connectivity index is 1.43. The molecule has 2 aromatic carbocycles. The Bertz CT molecular complexity index is 768. The van der Waals surface area contributed by atoms with E-state index < -0.39 is 0 Å². The van der Waals surface area contributed by atoms with Gasteiger partial charge in [0.05, 0.1) is 0 Å². The van der Waals surface area contributed by atoms with Crippen LogP contribution in [0.4, 0.5) is 0 Å². The molecule has 0 saturated heterocycles. The van der Waals surface area contributed by atoms with Crippen LogP contribution in [0.25, 0.3) is 20.2 Å². The van der Waals surface area contributed by atoms with Crippen molar-refractivity contribution in [3.05, 3.63) is 48.0 Å². The summed E-state index contributed by atoms with van der Waals surface area (Å²) < 4.78 is 2.94. The predicted molar refractivity (Wildman–Crippen MR) is 115 cm³/mol. The Morgan fingerprint density at radius 2 is 1.28 bits per heavy atom. The van der Waals surface area contributed by atoms with Crippen LogP contribution in [0, 0.1) is 0 Å². The summed E-state index contributed by atoms with van der Waals surface area (Å²) in [5.41, 5.74) is 1.55. The van der Waals surface area contributed by atoms with Crippen molar-refractivity contribution in [3.63, 3.8) is 0 Å². The number of rotatable bonds is 11. The van der Waals surface area contributed by atoms with E-state index in [0.717, 1.165) is 0 Å². The third-order valence-corrected chi connectivity index (χ3v) is 6.55. The number of hydrogen-bond acceptors (Lipinski definition) is 1. The first-order chi connectivity index (χ1) is 12.4. The van der Waals surface area contributed by atoms with Gasteiger partial charge in [0.2, 0.25) is 0 Å². The molecule has 0 nitrogen and oxygen atoms in total. The Morgan fingerprint density at radius 1 is 0.640 bits per heavy atom. The summed E-state index contributed by atoms with van der Waals surface area (Å²) in [5, 5.41) is 2.87. The fraction of sp³-hybridized carbons (Fsp3) is 0.500. The first-order valence-electron chi connectivity index (χ1n) is 10.3. The highest BCUT2D eigenvalue weighted by atomic mass is 32.1. The fourth-order valence-corrected chi connectivity index (χ4v) is 5.05. The topological polar surface area (TPSA) is 0 Å². The van der Waals surface area contributed by atoms with Gasteiger partial charge < -0.3 is 0 Å². The maximum absolute atomic E-state index is 2.34. The average molecular weight is 353 g/mol. The van der Waals surface area contributed by atoms with E-state index in [9.17, 15) is 0 Å². The quantitative estimate of drug-likeness (QED) is 0.303. The van der Waals surface area contributed by atoms with Gasteiger partial charge in [-0.1, -0.05) is 101 Å². The highest BCUT2D eigenvalue weighted by molar-refractivity contribution is 7.26. The first-order valence-corrected chi connectivity index (χ1v) is 11.1. The molecule has 0 aliphatic carbocycles. The first kappa shape index (κ1) is 18.5. The molecule has 0 amide bonds. The summed E-state index contributed by atoms with van der Waals surface area (Å²) in [6.07, 6.45) is 15.3. The molecule has 3 aromatic rings. The van der Waals surface area contributed by atoms with Crippen molar-refractivity contribution >= 4 is 31.5 Å². The van der Waals surface area contributed by atoms with Crippen LogP contribution in [0.3, 0.4) is 0 Å². The summed E-state index contributed by atoms with van der Waals surface area (Å²) in [6.45, 7) is 2.29. The van der Waals surface area contributed by atoms with Crippen molar-refractivity contribution in [2.24, 2.45) is 0 Å². The van der Waals surface area contributed by atoms with Gasteiger partial charge in [-0.3, -0.25) is 0 Å². The van der Waals surface area contributed by atoms with Crippen LogP contribution in [0.5, 0.6) is 0 Å². The molecule has 1 heterocycles. The molecule has 0 unspecified atom stereocenters. The monoisotopic (exact) mass is 352 g/mol. The molecule has 1 heteroatoms. The zero-order valence-corrected chi connectivity index (χ0v) is 16.5. The van der Waals surface area contributed by atoms with Crippen LogP contribution >= 0.6 is 11.3 Å². The molecule has 0 aliphatic heterocycles. The third-order valence-electron chi connectivity index (χ3n) is 5.29. The molecule has 134 valence electrons. The summed E-state index contributed by atoms with van der Waals surface area (Å²) in [6, 6.07) is 15.7. The highest BCUT2D eigenvalue weighted by Gasteiger charge is 2.07. The lowest BCUT2D eigenvalue weighted by Crippen LogP contribution is -1.87. The number of hydrogen-bond donors (Lipinski definition) is 0. The molecule has 0 bridgehead atoms. The molecule has 0 saturated carbocycles. The van der Waals surface area contributed by atoms with Gasteiger partial charge in [-0.15, -0.1) is 11.3 Å². The van der Waals surface area contributed by atoms with Crippen molar-refractivity contribution in [1.29, 1.82) is 0 Å². The number of aryl methyl sites for hydroxylation is 1. The van der Waals surface area contributed by atoms with Gasteiger partial charge in [0.25, 0.3) is 0 Å². The van der Waals surface area contributed by atoms with Gasteiger partial charge >= 0.3 is 0 Å². The highest BCUT2D eigenvalue weighted by Crippen LogP contribution is 2.36. The molecule has 3 rings (SSSR count). The smallest absolute Gasteiger partial charge is 0.0387 e. The van der Waals surface area contributed by atoms with Crippen LogP contribution in [-0.2, 0) is 6.42 Å². The SMILES string of the molecule is CCCCCCCCCCCCc1cccc2c1sc1ccccc12. The number of benzene rings is 2. The standard InChI is InChI=1S/C24H32S/c1-2-3-4-5-6-7-8-9-10-11-15-20-16-14-18-22-21-17-12-13-19-23(21)25-24(20)22/h12-14,16-19H,2-11,15H2,1H3. The lowest BCUT2D eigenvalue weighted by molar-refractivity contribution is 0.556. The van der Waals surface area contributed by atoms with Crippen molar-refractivity contribution < 1.29 is 0 Å². The number of unbranched alkanes of at least 4 members (excludes halogenated alkanes) is 9. The summed E-state index contributed by atoms with van der Waals surface area (Å²) in [7, 11) is 0. The largest absolute Gasteiger partial charge is 0.135 e. The van der Waals surface area contributed by atoms with Crippen LogP contribution in [0.15, 0.2) is 42.5 Å². The molecular formula is C24H32S. The van der Waals surface area contributed by atoms with E-state index in [1.165, 1.54) is 90.8 Å². The van der Waals surface area contributed by atoms with Gasteiger partial charge in [0, 0.05) is 20.2 Å². The maximum Gasteiger partial charge on any atom is 0.0387 e. The second-order valence-electron chi connectivity index (χ2n) is 7.32.